The van der Waals surface area contributed by atoms with Gasteiger partial charge in [0.25, 0.3) is 0 Å². The molecule has 1 saturated carbocycles. The summed E-state index contributed by atoms with van der Waals surface area (Å²) in [5.41, 5.74) is -0.552. The standard InChI is InChI=1S/C14H21N3O2S/c1-13(2,3)10-15-16-12(20-10)17-7-9-5-4-6-14(9,8-17)11(18)19/h9H,4-8H2,1-3H3,(H,18,19)/t9-,14+/m0/s1. The SMILES string of the molecule is CC(C)(C)c1nnc(N2C[C@@H]3CCC[C@@]3(C(=O)O)C2)s1. The second-order valence-electron chi connectivity index (χ2n) is 7.07. The predicted molar refractivity (Wildman–Crippen MR) is 78.2 cm³/mol. The third-order valence-electron chi connectivity index (χ3n) is 4.62. The van der Waals surface area contributed by atoms with Crippen molar-refractivity contribution in [3.63, 3.8) is 0 Å². The first-order valence-corrected chi connectivity index (χ1v) is 7.97. The van der Waals surface area contributed by atoms with E-state index in [2.05, 4.69) is 35.9 Å². The Morgan fingerprint density at radius 2 is 2.20 bits per heavy atom. The van der Waals surface area contributed by atoms with Crippen LogP contribution in [0.2, 0.25) is 0 Å². The van der Waals surface area contributed by atoms with Crippen LogP contribution < -0.4 is 4.90 Å². The number of anilines is 1. The molecular formula is C14H21N3O2S. The van der Waals surface area contributed by atoms with Crippen molar-refractivity contribution in [2.75, 3.05) is 18.0 Å². The number of nitrogens with zero attached hydrogens (tertiary/aromatic N) is 3. The van der Waals surface area contributed by atoms with E-state index < -0.39 is 11.4 Å². The molecule has 0 amide bonds. The Hall–Kier alpha value is -1.17. The van der Waals surface area contributed by atoms with E-state index in [4.69, 9.17) is 0 Å². The van der Waals surface area contributed by atoms with E-state index in [-0.39, 0.29) is 11.3 Å². The molecule has 1 aliphatic carbocycles. The van der Waals surface area contributed by atoms with Crippen molar-refractivity contribution in [2.45, 2.75) is 45.4 Å². The lowest BCUT2D eigenvalue weighted by atomic mass is 9.81. The van der Waals surface area contributed by atoms with Gasteiger partial charge in [-0.25, -0.2) is 0 Å². The van der Waals surface area contributed by atoms with Crippen molar-refractivity contribution < 1.29 is 9.90 Å². The maximum Gasteiger partial charge on any atom is 0.311 e. The van der Waals surface area contributed by atoms with Crippen molar-refractivity contribution in [1.29, 1.82) is 0 Å². The van der Waals surface area contributed by atoms with Gasteiger partial charge in [-0.2, -0.15) is 0 Å². The van der Waals surface area contributed by atoms with Crippen LogP contribution in [0.5, 0.6) is 0 Å². The first kappa shape index (κ1) is 13.8. The van der Waals surface area contributed by atoms with Crippen LogP contribution >= 0.6 is 11.3 Å². The second kappa shape index (κ2) is 4.41. The summed E-state index contributed by atoms with van der Waals surface area (Å²) in [4.78, 5) is 13.8. The first-order valence-electron chi connectivity index (χ1n) is 7.15. The van der Waals surface area contributed by atoms with Crippen molar-refractivity contribution in [3.8, 4) is 0 Å². The van der Waals surface area contributed by atoms with Gasteiger partial charge in [-0.3, -0.25) is 4.79 Å². The third-order valence-corrected chi connectivity index (χ3v) is 6.03. The summed E-state index contributed by atoms with van der Waals surface area (Å²) in [5.74, 6) is -0.370. The quantitative estimate of drug-likeness (QED) is 0.908. The summed E-state index contributed by atoms with van der Waals surface area (Å²) in [7, 11) is 0. The lowest BCUT2D eigenvalue weighted by Gasteiger charge is -2.22. The molecule has 1 aromatic rings. The van der Waals surface area contributed by atoms with Crippen LogP contribution in [-0.2, 0) is 10.2 Å². The Morgan fingerprint density at radius 1 is 1.45 bits per heavy atom. The Bertz CT molecular complexity index is 537. The molecule has 110 valence electrons. The molecule has 0 radical (unpaired) electrons. The normalized spacial score (nSPS) is 29.8. The Labute approximate surface area is 123 Å². The van der Waals surface area contributed by atoms with Gasteiger partial charge in [0.1, 0.15) is 5.01 Å². The zero-order chi connectivity index (χ0) is 14.5. The molecule has 0 bridgehead atoms. The molecule has 2 heterocycles. The van der Waals surface area contributed by atoms with E-state index in [1.54, 1.807) is 11.3 Å². The minimum Gasteiger partial charge on any atom is -0.481 e. The van der Waals surface area contributed by atoms with Gasteiger partial charge in [-0.15, -0.1) is 10.2 Å². The number of hydrogen-bond donors (Lipinski definition) is 1. The molecule has 2 atom stereocenters. The number of carbonyl (C=O) groups is 1. The number of carboxylic acids is 1. The van der Waals surface area contributed by atoms with Gasteiger partial charge in [-0.05, 0) is 18.8 Å². The smallest absolute Gasteiger partial charge is 0.311 e. The molecule has 1 aliphatic heterocycles. The molecule has 6 heteroatoms. The Morgan fingerprint density at radius 3 is 2.75 bits per heavy atom. The van der Waals surface area contributed by atoms with Gasteiger partial charge < -0.3 is 10.0 Å². The van der Waals surface area contributed by atoms with Gasteiger partial charge >= 0.3 is 5.97 Å². The highest BCUT2D eigenvalue weighted by atomic mass is 32.1. The summed E-state index contributed by atoms with van der Waals surface area (Å²) in [6, 6.07) is 0. The average Bonchev–Trinajstić information content (AvgIpc) is 3.00. The fourth-order valence-electron chi connectivity index (χ4n) is 3.43. The second-order valence-corrected chi connectivity index (χ2v) is 8.03. The maximum atomic E-state index is 11.7. The minimum atomic E-state index is -0.636. The largest absolute Gasteiger partial charge is 0.481 e. The molecule has 0 spiro atoms. The van der Waals surface area contributed by atoms with E-state index >= 15 is 0 Å². The molecule has 5 nitrogen and oxygen atoms in total. The van der Waals surface area contributed by atoms with E-state index in [9.17, 15) is 9.90 Å². The van der Waals surface area contributed by atoms with Crippen LogP contribution in [0.4, 0.5) is 5.13 Å². The molecule has 0 unspecified atom stereocenters. The van der Waals surface area contributed by atoms with E-state index in [0.29, 0.717) is 6.54 Å². The molecule has 1 N–H and O–H groups in total. The molecule has 20 heavy (non-hydrogen) atoms. The summed E-state index contributed by atoms with van der Waals surface area (Å²) in [5, 5.41) is 20.1. The zero-order valence-corrected chi connectivity index (χ0v) is 13.0. The summed E-state index contributed by atoms with van der Waals surface area (Å²) in [6.07, 6.45) is 2.86. The molecule has 0 aromatic carbocycles. The predicted octanol–water partition coefficient (Wildman–Crippen LogP) is 2.53. The average molecular weight is 295 g/mol. The number of aliphatic carboxylic acids is 1. The highest BCUT2D eigenvalue weighted by molar-refractivity contribution is 7.15. The molecular weight excluding hydrogens is 274 g/mol. The van der Waals surface area contributed by atoms with E-state index in [0.717, 1.165) is 35.9 Å². The maximum absolute atomic E-state index is 11.7. The summed E-state index contributed by atoms with van der Waals surface area (Å²) < 4.78 is 0. The van der Waals surface area contributed by atoms with Crippen molar-refractivity contribution >= 4 is 22.4 Å². The lowest BCUT2D eigenvalue weighted by molar-refractivity contribution is -0.149. The van der Waals surface area contributed by atoms with Crippen LogP contribution in [0.1, 0.15) is 45.0 Å². The summed E-state index contributed by atoms with van der Waals surface area (Å²) >= 11 is 1.60. The first-order chi connectivity index (χ1) is 9.33. The van der Waals surface area contributed by atoms with Crippen molar-refractivity contribution in [2.24, 2.45) is 11.3 Å². The van der Waals surface area contributed by atoms with E-state index in [1.165, 1.54) is 0 Å². The van der Waals surface area contributed by atoms with Crippen LogP contribution in [0, 0.1) is 11.3 Å². The van der Waals surface area contributed by atoms with Crippen LogP contribution in [0.25, 0.3) is 0 Å². The zero-order valence-electron chi connectivity index (χ0n) is 12.2. The van der Waals surface area contributed by atoms with Crippen LogP contribution in [0.3, 0.4) is 0 Å². The number of carboxylic acid groups (broad SMARTS) is 1. The lowest BCUT2D eigenvalue weighted by Crippen LogP contribution is -2.35. The molecule has 2 aliphatic rings. The van der Waals surface area contributed by atoms with Crippen molar-refractivity contribution in [3.05, 3.63) is 5.01 Å². The van der Waals surface area contributed by atoms with E-state index in [1.807, 2.05) is 0 Å². The fourth-order valence-corrected chi connectivity index (χ4v) is 4.34. The van der Waals surface area contributed by atoms with Gasteiger partial charge in [0.2, 0.25) is 5.13 Å². The molecule has 1 saturated heterocycles. The highest BCUT2D eigenvalue weighted by Crippen LogP contribution is 2.50. The van der Waals surface area contributed by atoms with Crippen molar-refractivity contribution in [1.82, 2.24) is 10.2 Å². The summed E-state index contributed by atoms with van der Waals surface area (Å²) in [6.45, 7) is 7.76. The van der Waals surface area contributed by atoms with Gasteiger partial charge in [-0.1, -0.05) is 38.5 Å². The van der Waals surface area contributed by atoms with Crippen LogP contribution in [-0.4, -0.2) is 34.4 Å². The van der Waals surface area contributed by atoms with Gasteiger partial charge in [0.15, 0.2) is 0 Å². The monoisotopic (exact) mass is 295 g/mol. The Balaban J connectivity index is 1.84. The molecule has 2 fully saturated rings. The van der Waals surface area contributed by atoms with Gasteiger partial charge in [0.05, 0.1) is 5.41 Å². The van der Waals surface area contributed by atoms with Gasteiger partial charge in [0, 0.05) is 18.5 Å². The number of hydrogen-bond acceptors (Lipinski definition) is 5. The van der Waals surface area contributed by atoms with Crippen LogP contribution in [0.15, 0.2) is 0 Å². The number of rotatable bonds is 2. The fraction of sp³-hybridized carbons (Fsp3) is 0.786. The Kier molecular flexibility index (Phi) is 3.04. The third kappa shape index (κ3) is 2.01. The topological polar surface area (TPSA) is 66.3 Å². The molecule has 3 rings (SSSR count). The highest BCUT2D eigenvalue weighted by Gasteiger charge is 2.55. The number of aromatic nitrogens is 2. The minimum absolute atomic E-state index is 0.00397. The molecule has 1 aromatic heterocycles. The number of fused-ring (bicyclic) bond motifs is 1.